The Morgan fingerprint density at radius 1 is 1.39 bits per heavy atom. The number of rotatable bonds is 3. The summed E-state index contributed by atoms with van der Waals surface area (Å²) in [6, 6.07) is 7.44. The average Bonchev–Trinajstić information content (AvgIpc) is 3.16. The Hall–Kier alpha value is -1.78. The van der Waals surface area contributed by atoms with Gasteiger partial charge in [0.05, 0.1) is 5.71 Å². The summed E-state index contributed by atoms with van der Waals surface area (Å²) in [7, 11) is 0. The van der Waals surface area contributed by atoms with Crippen LogP contribution in [0, 0.1) is 0 Å². The molecule has 0 bridgehead atoms. The summed E-state index contributed by atoms with van der Waals surface area (Å²) in [5, 5.41) is 0. The first-order chi connectivity index (χ1) is 8.69. The summed E-state index contributed by atoms with van der Waals surface area (Å²) in [6.45, 7) is 2.05. The van der Waals surface area contributed by atoms with E-state index in [1.807, 2.05) is 30.3 Å². The molecule has 4 heteroatoms. The Kier molecular flexibility index (Phi) is 2.61. The molecule has 0 spiro atoms. The molecule has 18 heavy (non-hydrogen) atoms. The lowest BCUT2D eigenvalue weighted by atomic mass is 10.0. The zero-order chi connectivity index (χ0) is 12.7. The lowest BCUT2D eigenvalue weighted by molar-refractivity contribution is 0.101. The number of carbonyl (C=O) groups excluding carboxylic acids is 1. The smallest absolute Gasteiger partial charge is 0.179 e. The number of epoxide rings is 1. The van der Waals surface area contributed by atoms with Crippen LogP contribution in [0.4, 0.5) is 0 Å². The van der Waals surface area contributed by atoms with Gasteiger partial charge < -0.3 is 10.5 Å². The van der Waals surface area contributed by atoms with Crippen molar-refractivity contribution >= 4 is 11.5 Å². The molecule has 92 valence electrons. The molecule has 2 aliphatic rings. The molecule has 1 saturated heterocycles. The maximum atomic E-state index is 11.2. The number of ether oxygens (including phenoxy) is 1. The van der Waals surface area contributed by atoms with Crippen molar-refractivity contribution in [3.05, 3.63) is 47.0 Å². The largest absolute Gasteiger partial charge is 0.341 e. The van der Waals surface area contributed by atoms with E-state index in [1.54, 1.807) is 6.92 Å². The quantitative estimate of drug-likeness (QED) is 0.641. The number of Topliss-reactive ketones (excluding diaryl/α,β-unsaturated/α-hetero) is 1. The third-order valence-corrected chi connectivity index (χ3v) is 3.25. The summed E-state index contributed by atoms with van der Waals surface area (Å²) in [5.74, 6) is 0.0657. The van der Waals surface area contributed by atoms with Crippen molar-refractivity contribution in [3.63, 3.8) is 0 Å². The summed E-state index contributed by atoms with van der Waals surface area (Å²) in [5.41, 5.74) is 9.33. The molecular weight excluding hydrogens is 228 g/mol. The monoisotopic (exact) mass is 242 g/mol. The van der Waals surface area contributed by atoms with Crippen molar-refractivity contribution in [2.45, 2.75) is 19.3 Å². The van der Waals surface area contributed by atoms with Crippen LogP contribution in [-0.2, 0) is 4.74 Å². The van der Waals surface area contributed by atoms with E-state index in [9.17, 15) is 4.79 Å². The van der Waals surface area contributed by atoms with Crippen molar-refractivity contribution in [1.29, 1.82) is 0 Å². The molecule has 1 fully saturated rings. The van der Waals surface area contributed by atoms with E-state index in [0.717, 1.165) is 16.8 Å². The van der Waals surface area contributed by atoms with Crippen LogP contribution in [0.15, 0.2) is 40.9 Å². The first-order valence-electron chi connectivity index (χ1n) is 5.94. The first kappa shape index (κ1) is 11.3. The second-order valence-corrected chi connectivity index (χ2v) is 4.52. The fraction of sp³-hybridized carbons (Fsp3) is 0.286. The van der Waals surface area contributed by atoms with Gasteiger partial charge in [-0.05, 0) is 24.1 Å². The normalized spacial score (nSPS) is 25.0. The number of nitrogens with two attached hydrogens (primary N) is 1. The van der Waals surface area contributed by atoms with Gasteiger partial charge in [0.1, 0.15) is 6.10 Å². The average molecular weight is 242 g/mol. The van der Waals surface area contributed by atoms with Crippen LogP contribution < -0.4 is 5.73 Å². The molecule has 4 nitrogen and oxygen atoms in total. The van der Waals surface area contributed by atoms with Gasteiger partial charge in [0, 0.05) is 12.1 Å². The number of benzene rings is 1. The minimum absolute atomic E-state index is 0.0592. The van der Waals surface area contributed by atoms with Crippen LogP contribution in [0.3, 0.4) is 0 Å². The number of carbonyl (C=O) groups is 1. The number of hydrogen-bond acceptors (Lipinski definition) is 4. The highest BCUT2D eigenvalue weighted by atomic mass is 16.6. The van der Waals surface area contributed by atoms with Crippen LogP contribution in [0.2, 0.25) is 0 Å². The minimum Gasteiger partial charge on any atom is -0.341 e. The second kappa shape index (κ2) is 4.15. The van der Waals surface area contributed by atoms with Gasteiger partial charge in [-0.25, -0.2) is 0 Å². The van der Waals surface area contributed by atoms with Crippen molar-refractivity contribution in [3.8, 4) is 0 Å². The molecule has 0 aromatic heterocycles. The van der Waals surface area contributed by atoms with Gasteiger partial charge in [0.15, 0.2) is 12.0 Å². The molecule has 2 N–H and O–H groups in total. The predicted molar refractivity (Wildman–Crippen MR) is 68.8 cm³/mol. The molecule has 0 radical (unpaired) electrons. The van der Waals surface area contributed by atoms with Gasteiger partial charge in [-0.15, -0.1) is 0 Å². The van der Waals surface area contributed by atoms with Gasteiger partial charge >= 0.3 is 0 Å². The fourth-order valence-electron chi connectivity index (χ4n) is 2.11. The van der Waals surface area contributed by atoms with Crippen molar-refractivity contribution in [2.75, 3.05) is 6.54 Å². The number of allylic oxidation sites excluding steroid dienone is 1. The van der Waals surface area contributed by atoms with Gasteiger partial charge in [0.25, 0.3) is 0 Å². The Morgan fingerprint density at radius 3 is 2.72 bits per heavy atom. The van der Waals surface area contributed by atoms with Crippen LogP contribution in [0.25, 0.3) is 0 Å². The van der Waals surface area contributed by atoms with Crippen LogP contribution in [0.5, 0.6) is 0 Å². The second-order valence-electron chi connectivity index (χ2n) is 4.52. The fourth-order valence-corrected chi connectivity index (χ4v) is 2.11. The van der Waals surface area contributed by atoms with E-state index >= 15 is 0 Å². The molecule has 3 rings (SSSR count). The summed E-state index contributed by atoms with van der Waals surface area (Å²) >= 11 is 0. The standard InChI is InChI=1S/C14H14N2O2/c1-8(17)9-2-4-10(5-3-9)12-6-11(7-15)13-14(16-12)18-13/h2-6,13-14H,7,15H2,1H3. The Balaban J connectivity index is 1.91. The molecule has 2 heterocycles. The van der Waals surface area contributed by atoms with Crippen molar-refractivity contribution in [2.24, 2.45) is 10.7 Å². The van der Waals surface area contributed by atoms with Crippen LogP contribution in [-0.4, -0.2) is 30.4 Å². The van der Waals surface area contributed by atoms with Crippen molar-refractivity contribution in [1.82, 2.24) is 0 Å². The lowest BCUT2D eigenvalue weighted by Crippen LogP contribution is -2.16. The maximum Gasteiger partial charge on any atom is 0.179 e. The third kappa shape index (κ3) is 1.89. The number of nitrogens with zero attached hydrogens (tertiary/aromatic N) is 1. The SMILES string of the molecule is CC(=O)c1ccc(C2=NC3OC3C(CN)=C2)cc1. The van der Waals surface area contributed by atoms with Crippen molar-refractivity contribution < 1.29 is 9.53 Å². The molecule has 2 aliphatic heterocycles. The maximum absolute atomic E-state index is 11.2. The van der Waals surface area contributed by atoms with E-state index in [4.69, 9.17) is 10.5 Å². The molecule has 0 aliphatic carbocycles. The van der Waals surface area contributed by atoms with Crippen LogP contribution >= 0.6 is 0 Å². The summed E-state index contributed by atoms with van der Waals surface area (Å²) in [6.07, 6.45) is 2.02. The third-order valence-electron chi connectivity index (χ3n) is 3.25. The Labute approximate surface area is 105 Å². The van der Waals surface area contributed by atoms with E-state index in [-0.39, 0.29) is 18.1 Å². The summed E-state index contributed by atoms with van der Waals surface area (Å²) < 4.78 is 5.41. The lowest BCUT2D eigenvalue weighted by Gasteiger charge is -2.09. The highest BCUT2D eigenvalue weighted by Crippen LogP contribution is 2.34. The Morgan fingerprint density at radius 2 is 2.11 bits per heavy atom. The molecule has 1 aromatic rings. The van der Waals surface area contributed by atoms with Gasteiger partial charge in [-0.3, -0.25) is 9.79 Å². The Bertz CT molecular complexity index is 558. The zero-order valence-electron chi connectivity index (χ0n) is 10.1. The molecule has 0 saturated carbocycles. The molecular formula is C14H14N2O2. The predicted octanol–water partition coefficient (Wildman–Crippen LogP) is 1.30. The van der Waals surface area contributed by atoms with Crippen LogP contribution in [0.1, 0.15) is 22.8 Å². The highest BCUT2D eigenvalue weighted by molar-refractivity contribution is 6.10. The number of hydrogen-bond donors (Lipinski definition) is 1. The number of dihydropyridines is 1. The minimum atomic E-state index is -0.0592. The first-order valence-corrected chi connectivity index (χ1v) is 5.94. The van der Waals surface area contributed by atoms with Gasteiger partial charge in [-0.1, -0.05) is 24.3 Å². The molecule has 1 aromatic carbocycles. The molecule has 0 amide bonds. The zero-order valence-corrected chi connectivity index (χ0v) is 10.1. The number of fused-ring (bicyclic) bond motifs is 1. The van der Waals surface area contributed by atoms with E-state index in [0.29, 0.717) is 12.1 Å². The highest BCUT2D eigenvalue weighted by Gasteiger charge is 2.43. The molecule has 2 unspecified atom stereocenters. The van der Waals surface area contributed by atoms with Gasteiger partial charge in [0.2, 0.25) is 0 Å². The molecule has 2 atom stereocenters. The number of aliphatic imine (C=N–C) groups is 1. The number of ketones is 1. The van der Waals surface area contributed by atoms with Gasteiger partial charge in [-0.2, -0.15) is 0 Å². The topological polar surface area (TPSA) is 68.0 Å². The summed E-state index contributed by atoms with van der Waals surface area (Å²) in [4.78, 5) is 15.7. The van der Waals surface area contributed by atoms with E-state index in [2.05, 4.69) is 4.99 Å². The van der Waals surface area contributed by atoms with E-state index in [1.165, 1.54) is 0 Å². The van der Waals surface area contributed by atoms with E-state index < -0.39 is 0 Å².